The first-order valence-corrected chi connectivity index (χ1v) is 12.6. The third-order valence-electron chi connectivity index (χ3n) is 7.30. The Morgan fingerprint density at radius 1 is 0.861 bits per heavy atom. The number of piperazine rings is 1. The maximum atomic E-state index is 13.1. The smallest absolute Gasteiger partial charge is 0.276 e. The SMILES string of the molecule is Cc1ccc(N2CCN(C(=O)CCn3ccn4nc(-c5ccc(C)c(C)c5)cc4c3=O)CC2)c(C)c1. The van der Waals surface area contributed by atoms with Gasteiger partial charge in [-0.3, -0.25) is 9.59 Å². The van der Waals surface area contributed by atoms with E-state index in [-0.39, 0.29) is 11.5 Å². The lowest BCUT2D eigenvalue weighted by Crippen LogP contribution is -2.49. The Morgan fingerprint density at radius 2 is 1.64 bits per heavy atom. The minimum Gasteiger partial charge on any atom is -0.368 e. The van der Waals surface area contributed by atoms with E-state index in [2.05, 4.69) is 68.0 Å². The van der Waals surface area contributed by atoms with E-state index < -0.39 is 0 Å². The van der Waals surface area contributed by atoms with Crippen LogP contribution in [0.25, 0.3) is 16.8 Å². The molecule has 7 heteroatoms. The Morgan fingerprint density at radius 3 is 2.36 bits per heavy atom. The van der Waals surface area contributed by atoms with E-state index in [4.69, 9.17) is 0 Å². The van der Waals surface area contributed by atoms with E-state index in [0.717, 1.165) is 24.3 Å². The van der Waals surface area contributed by atoms with Crippen molar-refractivity contribution >= 4 is 17.1 Å². The van der Waals surface area contributed by atoms with Gasteiger partial charge in [-0.2, -0.15) is 5.10 Å². The number of carbonyl (C=O) groups excluding carboxylic acids is 1. The lowest BCUT2D eigenvalue weighted by molar-refractivity contribution is -0.131. The molecule has 1 aliphatic heterocycles. The zero-order valence-electron chi connectivity index (χ0n) is 21.5. The molecular weight excluding hydrogens is 450 g/mol. The summed E-state index contributed by atoms with van der Waals surface area (Å²) < 4.78 is 3.24. The van der Waals surface area contributed by atoms with Gasteiger partial charge < -0.3 is 14.4 Å². The highest BCUT2D eigenvalue weighted by atomic mass is 16.2. The first kappa shape index (κ1) is 23.9. The minimum absolute atomic E-state index is 0.0892. The van der Waals surface area contributed by atoms with Crippen LogP contribution < -0.4 is 10.5 Å². The lowest BCUT2D eigenvalue weighted by atomic mass is 10.0. The van der Waals surface area contributed by atoms with Gasteiger partial charge in [-0.1, -0.05) is 29.8 Å². The van der Waals surface area contributed by atoms with Gasteiger partial charge in [0.2, 0.25) is 5.91 Å². The van der Waals surface area contributed by atoms with Crippen LogP contribution in [0.4, 0.5) is 5.69 Å². The van der Waals surface area contributed by atoms with Crippen molar-refractivity contribution in [3.05, 3.63) is 87.5 Å². The number of nitrogens with zero attached hydrogens (tertiary/aromatic N) is 5. The monoisotopic (exact) mass is 483 g/mol. The molecule has 1 saturated heterocycles. The zero-order valence-corrected chi connectivity index (χ0v) is 21.5. The van der Waals surface area contributed by atoms with E-state index in [1.54, 1.807) is 21.5 Å². The quantitative estimate of drug-likeness (QED) is 0.428. The molecule has 2 aromatic carbocycles. The molecule has 0 saturated carbocycles. The van der Waals surface area contributed by atoms with Gasteiger partial charge >= 0.3 is 0 Å². The molecule has 0 bridgehead atoms. The predicted octanol–water partition coefficient (Wildman–Crippen LogP) is 4.14. The second-order valence-corrected chi connectivity index (χ2v) is 9.86. The third-order valence-corrected chi connectivity index (χ3v) is 7.30. The molecule has 1 aliphatic rings. The van der Waals surface area contributed by atoms with E-state index in [9.17, 15) is 9.59 Å². The maximum Gasteiger partial charge on any atom is 0.276 e. The van der Waals surface area contributed by atoms with Crippen molar-refractivity contribution in [3.8, 4) is 11.3 Å². The Labute approximate surface area is 211 Å². The van der Waals surface area contributed by atoms with Crippen LogP contribution in [0.3, 0.4) is 0 Å². The van der Waals surface area contributed by atoms with E-state index >= 15 is 0 Å². The van der Waals surface area contributed by atoms with Crippen molar-refractivity contribution in [3.63, 3.8) is 0 Å². The number of hydrogen-bond donors (Lipinski definition) is 0. The number of hydrogen-bond acceptors (Lipinski definition) is 4. The largest absolute Gasteiger partial charge is 0.368 e. The minimum atomic E-state index is -0.132. The summed E-state index contributed by atoms with van der Waals surface area (Å²) in [5, 5.41) is 4.59. The Balaban J connectivity index is 1.23. The molecule has 5 rings (SSSR count). The van der Waals surface area contributed by atoms with E-state index in [1.165, 1.54) is 27.9 Å². The normalized spacial score (nSPS) is 14.0. The van der Waals surface area contributed by atoms with Gasteiger partial charge in [0.05, 0.1) is 5.69 Å². The molecule has 1 amide bonds. The van der Waals surface area contributed by atoms with Gasteiger partial charge in [-0.15, -0.1) is 0 Å². The number of amides is 1. The summed E-state index contributed by atoms with van der Waals surface area (Å²) in [5.41, 5.74) is 8.33. The number of rotatable bonds is 5. The predicted molar refractivity (Wildman–Crippen MR) is 144 cm³/mol. The molecule has 36 heavy (non-hydrogen) atoms. The number of aromatic nitrogens is 3. The fourth-order valence-corrected chi connectivity index (χ4v) is 4.98. The molecule has 0 radical (unpaired) electrons. The average molecular weight is 484 g/mol. The number of anilines is 1. The molecule has 1 fully saturated rings. The second kappa shape index (κ2) is 9.64. The topological polar surface area (TPSA) is 62.9 Å². The van der Waals surface area contributed by atoms with Crippen LogP contribution in [0, 0.1) is 27.7 Å². The van der Waals surface area contributed by atoms with Crippen molar-refractivity contribution in [1.82, 2.24) is 19.1 Å². The number of aryl methyl sites for hydroxylation is 5. The Hall–Kier alpha value is -3.87. The summed E-state index contributed by atoms with van der Waals surface area (Å²) in [7, 11) is 0. The molecule has 4 aromatic rings. The molecule has 0 aliphatic carbocycles. The van der Waals surface area contributed by atoms with Crippen molar-refractivity contribution in [1.29, 1.82) is 0 Å². The van der Waals surface area contributed by atoms with Crippen LogP contribution >= 0.6 is 0 Å². The molecule has 0 unspecified atom stereocenters. The zero-order chi connectivity index (χ0) is 25.4. The lowest BCUT2D eigenvalue weighted by Gasteiger charge is -2.37. The standard InChI is InChI=1S/C29H33N5O2/c1-20-5-8-26(23(4)17-20)31-11-13-32(14-12-31)28(35)9-10-33-15-16-34-27(29(33)36)19-25(30-34)24-7-6-21(2)22(3)18-24/h5-8,15-19H,9-14H2,1-4H3. The van der Waals surface area contributed by atoms with Gasteiger partial charge in [-0.05, 0) is 62.6 Å². The average Bonchev–Trinajstić information content (AvgIpc) is 3.31. The van der Waals surface area contributed by atoms with Crippen molar-refractivity contribution in [2.45, 2.75) is 40.7 Å². The maximum absolute atomic E-state index is 13.1. The molecular formula is C29H33N5O2. The van der Waals surface area contributed by atoms with Crippen LogP contribution in [-0.2, 0) is 11.3 Å². The second-order valence-electron chi connectivity index (χ2n) is 9.86. The van der Waals surface area contributed by atoms with E-state index in [0.29, 0.717) is 31.6 Å². The molecule has 0 atom stereocenters. The molecule has 0 N–H and O–H groups in total. The van der Waals surface area contributed by atoms with Crippen LogP contribution in [0.5, 0.6) is 0 Å². The molecule has 2 aromatic heterocycles. The summed E-state index contributed by atoms with van der Waals surface area (Å²) >= 11 is 0. The van der Waals surface area contributed by atoms with Crippen molar-refractivity contribution in [2.24, 2.45) is 0 Å². The molecule has 3 heterocycles. The van der Waals surface area contributed by atoms with Crippen LogP contribution in [0.2, 0.25) is 0 Å². The highest BCUT2D eigenvalue weighted by molar-refractivity contribution is 5.76. The summed E-state index contributed by atoms with van der Waals surface area (Å²) in [6.45, 7) is 11.8. The Kier molecular flexibility index (Phi) is 6.39. The van der Waals surface area contributed by atoms with Crippen LogP contribution in [-0.4, -0.2) is 51.2 Å². The molecule has 186 valence electrons. The van der Waals surface area contributed by atoms with Crippen LogP contribution in [0.15, 0.2) is 59.7 Å². The van der Waals surface area contributed by atoms with Gasteiger partial charge in [0.1, 0.15) is 5.52 Å². The van der Waals surface area contributed by atoms with Crippen LogP contribution in [0.1, 0.15) is 28.7 Å². The number of carbonyl (C=O) groups is 1. The third kappa shape index (κ3) is 4.65. The van der Waals surface area contributed by atoms with Gasteiger partial charge in [0, 0.05) is 62.8 Å². The number of fused-ring (bicyclic) bond motifs is 1. The van der Waals surface area contributed by atoms with Gasteiger partial charge in [0.25, 0.3) is 5.56 Å². The first-order valence-electron chi connectivity index (χ1n) is 12.6. The van der Waals surface area contributed by atoms with E-state index in [1.807, 2.05) is 17.0 Å². The molecule has 7 nitrogen and oxygen atoms in total. The summed E-state index contributed by atoms with van der Waals surface area (Å²) in [4.78, 5) is 30.3. The van der Waals surface area contributed by atoms with Crippen molar-refractivity contribution in [2.75, 3.05) is 31.1 Å². The van der Waals surface area contributed by atoms with Crippen molar-refractivity contribution < 1.29 is 4.79 Å². The van der Waals surface area contributed by atoms with Gasteiger partial charge in [-0.25, -0.2) is 4.52 Å². The highest BCUT2D eigenvalue weighted by Gasteiger charge is 2.22. The number of benzene rings is 2. The summed E-state index contributed by atoms with van der Waals surface area (Å²) in [6.07, 6.45) is 3.81. The summed E-state index contributed by atoms with van der Waals surface area (Å²) in [6, 6.07) is 14.5. The molecule has 0 spiro atoms. The highest BCUT2D eigenvalue weighted by Crippen LogP contribution is 2.23. The summed E-state index contributed by atoms with van der Waals surface area (Å²) in [5.74, 6) is 0.0892. The fraction of sp³-hybridized carbons (Fsp3) is 0.345. The Bertz CT molecular complexity index is 1490. The first-order chi connectivity index (χ1) is 17.3. The van der Waals surface area contributed by atoms with Gasteiger partial charge in [0.15, 0.2) is 0 Å². The fourth-order valence-electron chi connectivity index (χ4n) is 4.98.